The highest BCUT2D eigenvalue weighted by Gasteiger charge is 2.56. The van der Waals surface area contributed by atoms with E-state index < -0.39 is 180 Å². The van der Waals surface area contributed by atoms with Gasteiger partial charge < -0.3 is 124 Å². The standard InChI is InChI=1S/C32H56O25/c1-3-48-28-21(45)25(16(40)11(6-35)50-28)55-30-22(46)24(13(37)8(2)49-30)54-31-23(47)26(17(41)12(7-36)52-31)56-32-27(19(43)15(39)10(5-34)53-32)57-29-20(44)18(42)14(38)9(4-33)51-29/h8-47H,3-7H2,1-2H3/t8?,9?,10?,11?,12?,13-,14+,15+,16+,17+,18-,19-,20?,21?,22?,23?,24-,25-,26-,27?,28+,29+,30-,31-,32-/m0/s1. The molecule has 5 heterocycles. The summed E-state index contributed by atoms with van der Waals surface area (Å²) in [4.78, 5) is 0. The van der Waals surface area contributed by atoms with Crippen molar-refractivity contribution in [3.63, 3.8) is 0 Å². The van der Waals surface area contributed by atoms with E-state index in [1.54, 1.807) is 6.92 Å². The molecule has 0 amide bonds. The third kappa shape index (κ3) is 9.73. The van der Waals surface area contributed by atoms with E-state index in [1.807, 2.05) is 0 Å². The van der Waals surface area contributed by atoms with Crippen molar-refractivity contribution in [2.75, 3.05) is 33.0 Å². The smallest absolute Gasteiger partial charge is 0.187 e. The Morgan fingerprint density at radius 2 is 0.702 bits per heavy atom. The van der Waals surface area contributed by atoms with Crippen molar-refractivity contribution in [1.82, 2.24) is 0 Å². The van der Waals surface area contributed by atoms with E-state index in [1.165, 1.54) is 6.92 Å². The van der Waals surface area contributed by atoms with Crippen molar-refractivity contribution in [3.8, 4) is 0 Å². The number of rotatable bonds is 14. The summed E-state index contributed by atoms with van der Waals surface area (Å²) >= 11 is 0. The molecule has 0 spiro atoms. The first-order valence-corrected chi connectivity index (χ1v) is 18.5. The van der Waals surface area contributed by atoms with E-state index in [2.05, 4.69) is 0 Å². The molecule has 5 aliphatic heterocycles. The Balaban J connectivity index is 1.36. The lowest BCUT2D eigenvalue weighted by Crippen LogP contribution is -2.68. The Bertz CT molecular complexity index is 1220. The van der Waals surface area contributed by atoms with Crippen molar-refractivity contribution < 1.29 is 124 Å². The third-order valence-electron chi connectivity index (χ3n) is 10.6. The molecule has 5 rings (SSSR count). The predicted octanol–water partition coefficient (Wildman–Crippen LogP) is -9.85. The zero-order valence-electron chi connectivity index (χ0n) is 30.8. The van der Waals surface area contributed by atoms with Crippen molar-refractivity contribution >= 4 is 0 Å². The van der Waals surface area contributed by atoms with Gasteiger partial charge in [0.25, 0.3) is 0 Å². The van der Waals surface area contributed by atoms with Gasteiger partial charge in [0.15, 0.2) is 31.5 Å². The van der Waals surface area contributed by atoms with Crippen LogP contribution in [0, 0.1) is 0 Å². The number of hydrogen-bond acceptors (Lipinski definition) is 25. The summed E-state index contributed by atoms with van der Waals surface area (Å²) in [5.74, 6) is 0. The van der Waals surface area contributed by atoms with Gasteiger partial charge in [0.2, 0.25) is 0 Å². The lowest BCUT2D eigenvalue weighted by Gasteiger charge is -2.49. The van der Waals surface area contributed by atoms with Gasteiger partial charge in [-0.2, -0.15) is 0 Å². The Morgan fingerprint density at radius 3 is 1.19 bits per heavy atom. The molecule has 0 saturated carbocycles. The highest BCUT2D eigenvalue weighted by Crippen LogP contribution is 2.36. The van der Waals surface area contributed by atoms with Crippen LogP contribution in [0.15, 0.2) is 0 Å². The molecule has 0 aromatic heterocycles. The third-order valence-corrected chi connectivity index (χ3v) is 10.6. The minimum Gasteiger partial charge on any atom is -0.394 e. The van der Waals surface area contributed by atoms with Crippen molar-refractivity contribution in [2.24, 2.45) is 0 Å². The van der Waals surface area contributed by atoms with Crippen molar-refractivity contribution in [2.45, 2.75) is 167 Å². The largest absolute Gasteiger partial charge is 0.394 e. The van der Waals surface area contributed by atoms with E-state index in [0.717, 1.165) is 0 Å². The summed E-state index contributed by atoms with van der Waals surface area (Å²) in [6, 6.07) is 0. The maximum atomic E-state index is 11.5. The second-order valence-corrected chi connectivity index (χ2v) is 14.4. The van der Waals surface area contributed by atoms with Gasteiger partial charge in [-0.3, -0.25) is 0 Å². The van der Waals surface area contributed by atoms with Crippen LogP contribution in [0.1, 0.15) is 13.8 Å². The van der Waals surface area contributed by atoms with Gasteiger partial charge in [0.05, 0.1) is 32.5 Å². The van der Waals surface area contributed by atoms with Crippen LogP contribution in [0.3, 0.4) is 0 Å². The maximum Gasteiger partial charge on any atom is 0.187 e. The molecule has 0 bridgehead atoms. The minimum absolute atomic E-state index is 0.0612. The fourth-order valence-corrected chi connectivity index (χ4v) is 7.22. The Hall–Kier alpha value is -1.00. The second-order valence-electron chi connectivity index (χ2n) is 14.4. The summed E-state index contributed by atoms with van der Waals surface area (Å²) < 4.78 is 55.9. The number of aliphatic hydroxyl groups excluding tert-OH is 15. The van der Waals surface area contributed by atoms with E-state index in [9.17, 15) is 76.6 Å². The first-order valence-electron chi connectivity index (χ1n) is 18.5. The quantitative estimate of drug-likeness (QED) is 0.0772. The Labute approximate surface area is 324 Å². The molecule has 15 N–H and O–H groups in total. The fourth-order valence-electron chi connectivity index (χ4n) is 7.22. The van der Waals surface area contributed by atoms with Crippen LogP contribution in [0.5, 0.6) is 0 Å². The fraction of sp³-hybridized carbons (Fsp3) is 1.00. The number of aliphatic hydroxyl groups is 15. The summed E-state index contributed by atoms with van der Waals surface area (Å²) in [6.45, 7) is -0.420. The first kappa shape index (κ1) is 47.1. The highest BCUT2D eigenvalue weighted by atomic mass is 16.8. The molecule has 0 aromatic rings. The molecule has 5 fully saturated rings. The molecule has 334 valence electrons. The van der Waals surface area contributed by atoms with Gasteiger partial charge in [-0.25, -0.2) is 0 Å². The van der Waals surface area contributed by atoms with Crippen LogP contribution < -0.4 is 0 Å². The molecule has 5 saturated heterocycles. The molecule has 25 heteroatoms. The molecule has 0 aromatic carbocycles. The van der Waals surface area contributed by atoms with Gasteiger partial charge in [0.1, 0.15) is 116 Å². The van der Waals surface area contributed by atoms with Gasteiger partial charge in [-0.05, 0) is 13.8 Å². The SMILES string of the molecule is CCO[C@@H]1OC(CO)[C@@H](O)[C@H](O[C@@H]2OC(C)[C@H](O)[C@H](O[C@@H]3OC(CO)[C@@H](O)[C@H](O[C@@H]4OC(CO)[C@@H](O)[C@H](O)C4O[C@H]4OC(CO)[C@@H](O)[C@H](O)C4O)C3O)C2O)C1O. The summed E-state index contributed by atoms with van der Waals surface area (Å²) in [6.07, 6.45) is -44.2. The highest BCUT2D eigenvalue weighted by molar-refractivity contribution is 4.99. The minimum atomic E-state index is -2.12. The van der Waals surface area contributed by atoms with Crippen LogP contribution in [0.2, 0.25) is 0 Å². The van der Waals surface area contributed by atoms with Crippen LogP contribution in [0.4, 0.5) is 0 Å². The average molecular weight is 841 g/mol. The zero-order chi connectivity index (χ0) is 42.0. The zero-order valence-corrected chi connectivity index (χ0v) is 30.8. The number of hydrogen-bond donors (Lipinski definition) is 15. The first-order chi connectivity index (χ1) is 27.0. The lowest BCUT2D eigenvalue weighted by atomic mass is 9.95. The summed E-state index contributed by atoms with van der Waals surface area (Å²) in [7, 11) is 0. The average Bonchev–Trinajstić information content (AvgIpc) is 3.19. The molecule has 57 heavy (non-hydrogen) atoms. The summed E-state index contributed by atoms with van der Waals surface area (Å²) in [5, 5.41) is 159. The van der Waals surface area contributed by atoms with Crippen LogP contribution in [-0.2, 0) is 47.4 Å². The maximum absolute atomic E-state index is 11.5. The van der Waals surface area contributed by atoms with Crippen molar-refractivity contribution in [1.29, 1.82) is 0 Å². The van der Waals surface area contributed by atoms with E-state index in [0.29, 0.717) is 0 Å². The molecule has 25 atom stereocenters. The molecule has 10 unspecified atom stereocenters. The number of ether oxygens (including phenoxy) is 10. The van der Waals surface area contributed by atoms with Gasteiger partial charge in [-0.1, -0.05) is 0 Å². The van der Waals surface area contributed by atoms with Crippen molar-refractivity contribution in [3.05, 3.63) is 0 Å². The summed E-state index contributed by atoms with van der Waals surface area (Å²) in [5.41, 5.74) is 0. The van der Waals surface area contributed by atoms with Crippen LogP contribution in [0.25, 0.3) is 0 Å². The molecular weight excluding hydrogens is 784 g/mol. The molecule has 0 aliphatic carbocycles. The molecule has 0 radical (unpaired) electrons. The van der Waals surface area contributed by atoms with E-state index in [4.69, 9.17) is 47.4 Å². The molecule has 25 nitrogen and oxygen atoms in total. The monoisotopic (exact) mass is 840 g/mol. The molecule has 5 aliphatic rings. The van der Waals surface area contributed by atoms with Gasteiger partial charge in [0, 0.05) is 6.61 Å². The normalized spacial score (nSPS) is 52.5. The second kappa shape index (κ2) is 20.2. The van der Waals surface area contributed by atoms with Gasteiger partial charge >= 0.3 is 0 Å². The van der Waals surface area contributed by atoms with Crippen LogP contribution >= 0.6 is 0 Å². The Morgan fingerprint density at radius 1 is 0.351 bits per heavy atom. The van der Waals surface area contributed by atoms with Crippen LogP contribution in [-0.4, -0.2) is 263 Å². The Kier molecular flexibility index (Phi) is 16.7. The van der Waals surface area contributed by atoms with E-state index in [-0.39, 0.29) is 6.61 Å². The predicted molar refractivity (Wildman–Crippen MR) is 175 cm³/mol. The lowest BCUT2D eigenvalue weighted by molar-refractivity contribution is -0.399. The molecular formula is C32H56O25. The van der Waals surface area contributed by atoms with E-state index >= 15 is 0 Å². The topological polar surface area (TPSA) is 396 Å². The van der Waals surface area contributed by atoms with Gasteiger partial charge in [-0.15, -0.1) is 0 Å².